The molecule has 0 bridgehead atoms. The molecule has 7 nitrogen and oxygen atoms in total. The lowest BCUT2D eigenvalue weighted by atomic mass is 10.1. The summed E-state index contributed by atoms with van der Waals surface area (Å²) in [5.41, 5.74) is 0. The van der Waals surface area contributed by atoms with Gasteiger partial charge in [-0.05, 0) is 24.9 Å². The summed E-state index contributed by atoms with van der Waals surface area (Å²) in [6.07, 6.45) is 3.55. The zero-order valence-electron chi connectivity index (χ0n) is 11.6. The van der Waals surface area contributed by atoms with Crippen LogP contribution in [-0.2, 0) is 9.59 Å². The Hall–Kier alpha value is -1.44. The molecule has 1 heterocycles. The minimum atomic E-state index is -1.09. The number of amides is 3. The molecule has 1 rings (SSSR count). The monoisotopic (exact) mass is 303 g/mol. The summed E-state index contributed by atoms with van der Waals surface area (Å²) in [5.74, 6) is -0.454. The van der Waals surface area contributed by atoms with Crippen molar-refractivity contribution in [2.24, 2.45) is 0 Å². The molecule has 3 amide bonds. The number of unbranched alkanes of at least 4 members (excludes halogenated alkanes) is 1. The number of carbonyl (C=O) groups is 3. The first-order valence-electron chi connectivity index (χ1n) is 6.59. The molecule has 8 heteroatoms. The van der Waals surface area contributed by atoms with Crippen molar-refractivity contribution < 1.29 is 19.5 Å². The van der Waals surface area contributed by atoms with Crippen molar-refractivity contribution in [3.63, 3.8) is 0 Å². The normalized spacial score (nSPS) is 18.6. The third-order valence-corrected chi connectivity index (χ3v) is 3.71. The molecular weight excluding hydrogens is 282 g/mol. The molecule has 0 radical (unpaired) electrons. The Bertz CT molecular complexity index is 365. The van der Waals surface area contributed by atoms with Crippen molar-refractivity contribution in [2.75, 3.05) is 31.6 Å². The number of carbonyl (C=O) groups excluding carboxylic acids is 2. The van der Waals surface area contributed by atoms with Crippen LogP contribution < -0.4 is 10.6 Å². The molecule has 0 aromatic rings. The van der Waals surface area contributed by atoms with Crippen LogP contribution in [0.4, 0.5) is 4.79 Å². The zero-order valence-corrected chi connectivity index (χ0v) is 12.4. The highest BCUT2D eigenvalue weighted by molar-refractivity contribution is 7.98. The van der Waals surface area contributed by atoms with Crippen LogP contribution >= 0.6 is 11.8 Å². The molecule has 1 aliphatic rings. The van der Waals surface area contributed by atoms with Gasteiger partial charge in [-0.15, -0.1) is 0 Å². The van der Waals surface area contributed by atoms with E-state index in [-0.39, 0.29) is 12.5 Å². The topological polar surface area (TPSA) is 98.7 Å². The van der Waals surface area contributed by atoms with Gasteiger partial charge in [-0.25, -0.2) is 4.79 Å². The second kappa shape index (κ2) is 8.68. The van der Waals surface area contributed by atoms with Gasteiger partial charge in [-0.3, -0.25) is 9.59 Å². The van der Waals surface area contributed by atoms with Gasteiger partial charge in [0.15, 0.2) is 0 Å². The molecule has 114 valence electrons. The number of hydrogen-bond donors (Lipinski definition) is 3. The van der Waals surface area contributed by atoms with E-state index < -0.39 is 17.9 Å². The summed E-state index contributed by atoms with van der Waals surface area (Å²) in [5, 5.41) is 14.1. The lowest BCUT2D eigenvalue weighted by molar-refractivity contribution is -0.142. The Balaban J connectivity index is 2.46. The van der Waals surface area contributed by atoms with Crippen molar-refractivity contribution in [3.05, 3.63) is 0 Å². The van der Waals surface area contributed by atoms with Crippen molar-refractivity contribution in [1.82, 2.24) is 15.5 Å². The zero-order chi connectivity index (χ0) is 15.0. The van der Waals surface area contributed by atoms with E-state index in [0.29, 0.717) is 19.6 Å². The van der Waals surface area contributed by atoms with Gasteiger partial charge < -0.3 is 20.6 Å². The number of carboxylic acids is 1. The van der Waals surface area contributed by atoms with Crippen LogP contribution in [0, 0.1) is 0 Å². The largest absolute Gasteiger partial charge is 0.481 e. The first kappa shape index (κ1) is 16.6. The van der Waals surface area contributed by atoms with E-state index in [0.717, 1.165) is 18.6 Å². The van der Waals surface area contributed by atoms with Gasteiger partial charge in [0.2, 0.25) is 5.91 Å². The Morgan fingerprint density at radius 1 is 1.50 bits per heavy atom. The summed E-state index contributed by atoms with van der Waals surface area (Å²) in [7, 11) is 0. The molecule has 1 saturated heterocycles. The highest BCUT2D eigenvalue weighted by atomic mass is 32.2. The SMILES string of the molecule is CSCCCCNC(=O)N1CCNC(=O)C1CC(=O)O. The van der Waals surface area contributed by atoms with Crippen molar-refractivity contribution >= 4 is 29.7 Å². The maximum absolute atomic E-state index is 12.0. The number of nitrogens with zero attached hydrogens (tertiary/aromatic N) is 1. The molecule has 1 unspecified atom stereocenters. The summed E-state index contributed by atoms with van der Waals surface area (Å²) >= 11 is 1.75. The number of carboxylic acid groups (broad SMARTS) is 1. The van der Waals surface area contributed by atoms with Gasteiger partial charge in [0, 0.05) is 19.6 Å². The Morgan fingerprint density at radius 3 is 2.90 bits per heavy atom. The Morgan fingerprint density at radius 2 is 2.25 bits per heavy atom. The van der Waals surface area contributed by atoms with Crippen molar-refractivity contribution in [3.8, 4) is 0 Å². The number of thioether (sulfide) groups is 1. The second-order valence-corrected chi connectivity index (χ2v) is 5.52. The highest BCUT2D eigenvalue weighted by Gasteiger charge is 2.34. The van der Waals surface area contributed by atoms with Gasteiger partial charge in [0.25, 0.3) is 0 Å². The van der Waals surface area contributed by atoms with Crippen molar-refractivity contribution in [1.29, 1.82) is 0 Å². The van der Waals surface area contributed by atoms with E-state index >= 15 is 0 Å². The number of hydrogen-bond acceptors (Lipinski definition) is 4. The Labute approximate surface area is 122 Å². The molecule has 0 aliphatic carbocycles. The van der Waals surface area contributed by atoms with Gasteiger partial charge >= 0.3 is 12.0 Å². The van der Waals surface area contributed by atoms with Crippen LogP contribution in [0.2, 0.25) is 0 Å². The lowest BCUT2D eigenvalue weighted by Gasteiger charge is -2.34. The van der Waals surface area contributed by atoms with E-state index in [1.807, 2.05) is 6.26 Å². The molecule has 1 aliphatic heterocycles. The van der Waals surface area contributed by atoms with Gasteiger partial charge in [-0.2, -0.15) is 11.8 Å². The van der Waals surface area contributed by atoms with Gasteiger partial charge in [0.05, 0.1) is 6.42 Å². The van der Waals surface area contributed by atoms with Gasteiger partial charge in [-0.1, -0.05) is 0 Å². The molecule has 0 aromatic carbocycles. The van der Waals surface area contributed by atoms with Crippen LogP contribution in [0.15, 0.2) is 0 Å². The average molecular weight is 303 g/mol. The summed E-state index contributed by atoms with van der Waals surface area (Å²) in [6, 6.07) is -1.29. The molecule has 1 fully saturated rings. The maximum Gasteiger partial charge on any atom is 0.318 e. The third kappa shape index (κ3) is 5.28. The number of aliphatic carboxylic acids is 1. The van der Waals surface area contributed by atoms with Crippen LogP contribution in [0.5, 0.6) is 0 Å². The maximum atomic E-state index is 12.0. The highest BCUT2D eigenvalue weighted by Crippen LogP contribution is 2.09. The Kier molecular flexibility index (Phi) is 7.21. The number of rotatable bonds is 7. The van der Waals surface area contributed by atoms with Crippen LogP contribution in [-0.4, -0.2) is 65.6 Å². The van der Waals surface area contributed by atoms with E-state index in [2.05, 4.69) is 10.6 Å². The predicted octanol–water partition coefficient (Wildman–Crippen LogP) is 0.114. The summed E-state index contributed by atoms with van der Waals surface area (Å²) in [6.45, 7) is 1.23. The minimum Gasteiger partial charge on any atom is -0.481 e. The second-order valence-electron chi connectivity index (χ2n) is 4.53. The molecule has 0 saturated carbocycles. The number of piperazine rings is 1. The molecular formula is C12H21N3O4S. The molecule has 1 atom stereocenters. The van der Waals surface area contributed by atoms with E-state index in [9.17, 15) is 14.4 Å². The standard InChI is InChI=1S/C12H21N3O4S/c1-20-7-3-2-4-14-12(19)15-6-5-13-11(18)9(15)8-10(16)17/h9H,2-8H2,1H3,(H,13,18)(H,14,19)(H,16,17). The summed E-state index contributed by atoms with van der Waals surface area (Å²) in [4.78, 5) is 35.7. The fraction of sp³-hybridized carbons (Fsp3) is 0.750. The quantitative estimate of drug-likeness (QED) is 0.580. The fourth-order valence-electron chi connectivity index (χ4n) is 1.99. The fourth-order valence-corrected chi connectivity index (χ4v) is 2.49. The average Bonchev–Trinajstić information content (AvgIpc) is 2.40. The van der Waals surface area contributed by atoms with Crippen LogP contribution in [0.3, 0.4) is 0 Å². The van der Waals surface area contributed by atoms with E-state index in [1.54, 1.807) is 11.8 Å². The van der Waals surface area contributed by atoms with E-state index in [1.165, 1.54) is 4.90 Å². The van der Waals surface area contributed by atoms with Crippen LogP contribution in [0.1, 0.15) is 19.3 Å². The van der Waals surface area contributed by atoms with Gasteiger partial charge in [0.1, 0.15) is 6.04 Å². The van der Waals surface area contributed by atoms with Crippen molar-refractivity contribution in [2.45, 2.75) is 25.3 Å². The minimum absolute atomic E-state index is 0.334. The third-order valence-electron chi connectivity index (χ3n) is 3.01. The molecule has 0 aromatic heterocycles. The first-order valence-corrected chi connectivity index (χ1v) is 7.98. The number of nitrogens with one attached hydrogen (secondary N) is 2. The lowest BCUT2D eigenvalue weighted by Crippen LogP contribution is -2.60. The number of urea groups is 1. The summed E-state index contributed by atoms with van der Waals surface area (Å²) < 4.78 is 0. The first-order chi connectivity index (χ1) is 9.56. The molecule has 20 heavy (non-hydrogen) atoms. The molecule has 0 spiro atoms. The smallest absolute Gasteiger partial charge is 0.318 e. The van der Waals surface area contributed by atoms with E-state index in [4.69, 9.17) is 5.11 Å². The predicted molar refractivity (Wildman–Crippen MR) is 76.8 cm³/mol. The van der Waals surface area contributed by atoms with Crippen LogP contribution in [0.25, 0.3) is 0 Å². The molecule has 3 N–H and O–H groups in total.